The van der Waals surface area contributed by atoms with Crippen LogP contribution in [-0.4, -0.2) is 10.1 Å². The average molecular weight is 326 g/mol. The molecule has 4 heavy (non-hydrogen) atoms. The van der Waals surface area contributed by atoms with Crippen molar-refractivity contribution in [1.29, 1.82) is 0 Å². The van der Waals surface area contributed by atoms with Crippen molar-refractivity contribution in [3.63, 3.8) is 0 Å². The van der Waals surface area contributed by atoms with Crippen molar-refractivity contribution in [1.82, 2.24) is 0 Å². The SMILES string of the molecule is O=[Si].[Ru].[Ta]. The molecule has 0 unspecified atom stereocenters. The minimum absolute atomic E-state index is 0. The maximum atomic E-state index is 8.06. The van der Waals surface area contributed by atoms with E-state index in [0.717, 1.165) is 0 Å². The van der Waals surface area contributed by atoms with E-state index < -0.39 is 0 Å². The fraction of sp³-hybridized carbons (Fsp3) is 0. The fourth-order valence-electron chi connectivity index (χ4n) is 0. The third-order valence-corrected chi connectivity index (χ3v) is 0. The molecule has 0 aliphatic heterocycles. The summed E-state index contributed by atoms with van der Waals surface area (Å²) in [4.78, 5) is 0. The van der Waals surface area contributed by atoms with Crippen LogP contribution in [0.1, 0.15) is 0 Å². The molecule has 0 aliphatic rings. The van der Waals surface area contributed by atoms with Crippen LogP contribution >= 0.6 is 0 Å². The number of hydrogen-bond donors (Lipinski definition) is 0. The van der Waals surface area contributed by atoms with Gasteiger partial charge in [0.15, 0.2) is 0 Å². The largest absolute Gasteiger partial charge is 0.381 e. The predicted molar refractivity (Wildman–Crippen MR) is 6.44 cm³/mol. The van der Waals surface area contributed by atoms with Gasteiger partial charge < -0.3 is 4.46 Å². The van der Waals surface area contributed by atoms with Gasteiger partial charge in [0.1, 0.15) is 0 Å². The zero-order valence-electron chi connectivity index (χ0n) is 1.71. The summed E-state index contributed by atoms with van der Waals surface area (Å²) >= 11 is 0. The van der Waals surface area contributed by atoms with Crippen LogP contribution in [0.5, 0.6) is 0 Å². The van der Waals surface area contributed by atoms with Crippen LogP contribution in [0.3, 0.4) is 0 Å². The smallest absolute Gasteiger partial charge is 0.381 e. The number of rotatable bonds is 0. The molecule has 0 aromatic rings. The predicted octanol–water partition coefficient (Wildman–Crippen LogP) is -0.505. The molecule has 3 radical (unpaired) electrons. The Morgan fingerprint density at radius 1 is 1.25 bits per heavy atom. The molecule has 0 aromatic heterocycles. The Morgan fingerprint density at radius 2 is 1.25 bits per heavy atom. The van der Waals surface area contributed by atoms with E-state index in [-0.39, 0.29) is 41.9 Å². The van der Waals surface area contributed by atoms with Gasteiger partial charge in [-0.2, -0.15) is 0 Å². The van der Waals surface area contributed by atoms with Gasteiger partial charge in [0.2, 0.25) is 0 Å². The average Bonchev–Trinajstić information content (AvgIpc) is 1.00. The number of hydrogen-bond acceptors (Lipinski definition) is 1. The summed E-state index contributed by atoms with van der Waals surface area (Å²) in [6.07, 6.45) is 0. The van der Waals surface area contributed by atoms with Crippen LogP contribution in [0.25, 0.3) is 0 Å². The second-order valence-corrected chi connectivity index (χ2v) is 0. The summed E-state index contributed by atoms with van der Waals surface area (Å²) < 4.78 is 8.06. The maximum absolute atomic E-state index is 8.06. The van der Waals surface area contributed by atoms with Gasteiger partial charge in [-0.3, -0.25) is 0 Å². The van der Waals surface area contributed by atoms with Gasteiger partial charge in [-0.05, 0) is 0 Å². The molecular weight excluding hydrogens is 326 g/mol. The Kier molecular flexibility index (Phi) is 120. The zero-order chi connectivity index (χ0) is 2.00. The molecule has 0 atom stereocenters. The Morgan fingerprint density at radius 3 is 1.25 bits per heavy atom. The topological polar surface area (TPSA) is 17.1 Å². The Labute approximate surface area is 56.3 Å². The third kappa shape index (κ3) is 10.1. The van der Waals surface area contributed by atoms with Crippen LogP contribution in [0.15, 0.2) is 0 Å². The Bertz CT molecular complexity index is 8.00. The van der Waals surface area contributed by atoms with Crippen LogP contribution in [0, 0.1) is 0 Å². The summed E-state index contributed by atoms with van der Waals surface area (Å²) in [6.45, 7) is 0. The minimum atomic E-state index is 0. The molecule has 0 heterocycles. The first kappa shape index (κ1) is 18.2. The van der Waals surface area contributed by atoms with Gasteiger partial charge in [0.05, 0.1) is 0 Å². The summed E-state index contributed by atoms with van der Waals surface area (Å²) in [5, 5.41) is 0. The van der Waals surface area contributed by atoms with Crippen molar-refractivity contribution < 1.29 is 46.3 Å². The van der Waals surface area contributed by atoms with Crippen molar-refractivity contribution in [3.8, 4) is 0 Å². The molecule has 23 valence electrons. The first-order valence-corrected chi connectivity index (χ1v) is 0.612. The van der Waals surface area contributed by atoms with Crippen molar-refractivity contribution in [2.45, 2.75) is 0 Å². The second-order valence-electron chi connectivity index (χ2n) is 0. The molecule has 0 amide bonds. The van der Waals surface area contributed by atoms with Crippen molar-refractivity contribution in [2.75, 3.05) is 0 Å². The van der Waals surface area contributed by atoms with E-state index in [2.05, 4.69) is 0 Å². The molecule has 0 bridgehead atoms. The van der Waals surface area contributed by atoms with Gasteiger partial charge in [0, 0.05) is 41.9 Å². The monoisotopic (exact) mass is 327 g/mol. The molecule has 0 rings (SSSR count). The van der Waals surface area contributed by atoms with E-state index in [9.17, 15) is 0 Å². The maximum Gasteiger partial charge on any atom is 0.381 e. The minimum Gasteiger partial charge on any atom is -0.381 e. The summed E-state index contributed by atoms with van der Waals surface area (Å²) in [5.74, 6) is 0. The van der Waals surface area contributed by atoms with E-state index >= 15 is 0 Å². The molecule has 0 aliphatic carbocycles. The normalized spacial score (nSPS) is 1.00. The van der Waals surface area contributed by atoms with Crippen molar-refractivity contribution in [3.05, 3.63) is 0 Å². The molecule has 0 fully saturated rings. The first-order valence-electron chi connectivity index (χ1n) is 0.204. The van der Waals surface area contributed by atoms with Crippen LogP contribution in [-0.2, 0) is 46.3 Å². The Balaban J connectivity index is -0.00000000500. The quantitative estimate of drug-likeness (QED) is 0.549. The van der Waals surface area contributed by atoms with Gasteiger partial charge in [-0.25, -0.2) is 0 Å². The molecule has 0 spiro atoms. The van der Waals surface area contributed by atoms with Gasteiger partial charge in [0.25, 0.3) is 0 Å². The Hall–Kier alpha value is 1.38. The van der Waals surface area contributed by atoms with Crippen molar-refractivity contribution >= 4 is 10.1 Å². The van der Waals surface area contributed by atoms with E-state index in [1.165, 1.54) is 0 Å². The van der Waals surface area contributed by atoms with Gasteiger partial charge in [-0.1, -0.05) is 0 Å². The summed E-state index contributed by atoms with van der Waals surface area (Å²) in [6, 6.07) is 0. The molecule has 4 heteroatoms. The fourth-order valence-corrected chi connectivity index (χ4v) is 0. The second kappa shape index (κ2) is 26.3. The van der Waals surface area contributed by atoms with Gasteiger partial charge >= 0.3 is 10.1 Å². The first-order chi connectivity index (χ1) is 1.00. The molecule has 0 saturated heterocycles. The third-order valence-electron chi connectivity index (χ3n) is 0. The van der Waals surface area contributed by atoms with Crippen LogP contribution in [0.4, 0.5) is 0 Å². The van der Waals surface area contributed by atoms with Crippen LogP contribution in [0.2, 0.25) is 0 Å². The molecule has 0 aromatic carbocycles. The van der Waals surface area contributed by atoms with Crippen molar-refractivity contribution in [2.24, 2.45) is 0 Å². The van der Waals surface area contributed by atoms with Crippen LogP contribution < -0.4 is 0 Å². The molecular formula is ORuSiTa. The van der Waals surface area contributed by atoms with E-state index in [1.54, 1.807) is 10.1 Å². The molecule has 0 saturated carbocycles. The standard InChI is InChI=1S/OSi.Ru.Ta/c1-2;;. The zero-order valence-corrected chi connectivity index (χ0v) is 7.66. The van der Waals surface area contributed by atoms with E-state index in [1.807, 2.05) is 0 Å². The summed E-state index contributed by atoms with van der Waals surface area (Å²) in [7, 11) is 1.72. The van der Waals surface area contributed by atoms with E-state index in [0.29, 0.717) is 0 Å². The molecule has 1 nitrogen and oxygen atoms in total. The van der Waals surface area contributed by atoms with Gasteiger partial charge in [-0.15, -0.1) is 0 Å². The summed E-state index contributed by atoms with van der Waals surface area (Å²) in [5.41, 5.74) is 0. The van der Waals surface area contributed by atoms with E-state index in [4.69, 9.17) is 4.46 Å². The molecule has 0 N–H and O–H groups in total.